The Balaban J connectivity index is 1.79. The Morgan fingerprint density at radius 2 is 1.68 bits per heavy atom. The molecule has 4 nitrogen and oxygen atoms in total. The summed E-state index contributed by atoms with van der Waals surface area (Å²) in [4.78, 5) is 15.8. The van der Waals surface area contributed by atoms with E-state index in [-0.39, 0.29) is 29.2 Å². The van der Waals surface area contributed by atoms with Gasteiger partial charge in [0.25, 0.3) is 5.91 Å². The first-order valence-corrected chi connectivity index (χ1v) is 9.01. The van der Waals surface area contributed by atoms with Crippen LogP contribution < -0.4 is 4.90 Å². The molecule has 0 aliphatic carbocycles. The van der Waals surface area contributed by atoms with Gasteiger partial charge >= 0.3 is 0 Å². The van der Waals surface area contributed by atoms with Crippen molar-refractivity contribution in [1.82, 2.24) is 4.90 Å². The van der Waals surface area contributed by atoms with Gasteiger partial charge in [0.1, 0.15) is 5.82 Å². The van der Waals surface area contributed by atoms with Gasteiger partial charge in [-0.15, -0.1) is 0 Å². The van der Waals surface area contributed by atoms with E-state index in [0.717, 1.165) is 6.07 Å². The number of nitrogens with zero attached hydrogens (tertiary/aromatic N) is 3. The number of rotatable bonds is 2. The summed E-state index contributed by atoms with van der Waals surface area (Å²) in [6.45, 7) is 4.22. The van der Waals surface area contributed by atoms with Crippen LogP contribution in [0.2, 0.25) is 5.02 Å². The summed E-state index contributed by atoms with van der Waals surface area (Å²) in [6, 6.07) is 5.67. The van der Waals surface area contributed by atoms with Gasteiger partial charge in [0.15, 0.2) is 11.6 Å². The summed E-state index contributed by atoms with van der Waals surface area (Å²) in [5.74, 6) is -3.60. The minimum Gasteiger partial charge on any atom is -0.366 e. The van der Waals surface area contributed by atoms with Crippen molar-refractivity contribution in [3.05, 3.63) is 62.9 Å². The average molecular weight is 408 g/mol. The van der Waals surface area contributed by atoms with Gasteiger partial charge < -0.3 is 9.80 Å². The van der Waals surface area contributed by atoms with Gasteiger partial charge in [-0.2, -0.15) is 5.26 Å². The van der Waals surface area contributed by atoms with Gasteiger partial charge in [0.2, 0.25) is 0 Å². The number of carbonyl (C=O) groups is 1. The van der Waals surface area contributed by atoms with Crippen LogP contribution in [-0.4, -0.2) is 37.0 Å². The SMILES string of the molecule is Cc1cc(N2CCN(C(=O)c3c(F)c(F)cc(C)c3Cl)CC2)c(F)cc1C#N. The van der Waals surface area contributed by atoms with Crippen molar-refractivity contribution in [2.45, 2.75) is 13.8 Å². The van der Waals surface area contributed by atoms with E-state index in [1.54, 1.807) is 17.9 Å². The summed E-state index contributed by atoms with van der Waals surface area (Å²) < 4.78 is 42.2. The Morgan fingerprint density at radius 3 is 2.29 bits per heavy atom. The van der Waals surface area contributed by atoms with E-state index in [2.05, 4.69) is 0 Å². The second-order valence-electron chi connectivity index (χ2n) is 6.69. The molecule has 2 aromatic carbocycles. The van der Waals surface area contributed by atoms with E-state index in [1.807, 2.05) is 6.07 Å². The fraction of sp³-hybridized carbons (Fsp3) is 0.300. The Labute approximate surface area is 165 Å². The van der Waals surface area contributed by atoms with Gasteiger partial charge in [-0.25, -0.2) is 13.2 Å². The maximum Gasteiger partial charge on any atom is 0.258 e. The molecule has 0 radical (unpaired) electrons. The van der Waals surface area contributed by atoms with E-state index in [9.17, 15) is 18.0 Å². The van der Waals surface area contributed by atoms with Gasteiger partial charge in [-0.05, 0) is 43.2 Å². The molecule has 1 fully saturated rings. The van der Waals surface area contributed by atoms with Crippen molar-refractivity contribution in [2.75, 3.05) is 31.1 Å². The summed E-state index contributed by atoms with van der Waals surface area (Å²) in [5, 5.41) is 8.88. The monoisotopic (exact) mass is 407 g/mol. The zero-order chi connectivity index (χ0) is 20.6. The molecule has 1 aliphatic heterocycles. The number of carbonyl (C=O) groups excluding carboxylic acids is 1. The highest BCUT2D eigenvalue weighted by Crippen LogP contribution is 2.29. The Hall–Kier alpha value is -2.72. The lowest BCUT2D eigenvalue weighted by molar-refractivity contribution is 0.0741. The van der Waals surface area contributed by atoms with Crippen LogP contribution in [0.15, 0.2) is 18.2 Å². The summed E-state index contributed by atoms with van der Waals surface area (Å²) in [5.41, 5.74) is 1.06. The highest BCUT2D eigenvalue weighted by Gasteiger charge is 2.29. The first-order chi connectivity index (χ1) is 13.2. The number of halogens is 4. The molecule has 1 saturated heterocycles. The van der Waals surface area contributed by atoms with E-state index in [1.165, 1.54) is 17.9 Å². The third-order valence-corrected chi connectivity index (χ3v) is 5.36. The van der Waals surface area contributed by atoms with Crippen LogP contribution in [0.4, 0.5) is 18.9 Å². The van der Waals surface area contributed by atoms with Crippen molar-refractivity contribution in [3.63, 3.8) is 0 Å². The maximum atomic E-state index is 14.3. The minimum absolute atomic E-state index is 0.111. The molecule has 2 aromatic rings. The third-order valence-electron chi connectivity index (χ3n) is 4.87. The molecule has 146 valence electrons. The molecule has 0 atom stereocenters. The summed E-state index contributed by atoms with van der Waals surface area (Å²) in [6.07, 6.45) is 0. The normalized spacial score (nSPS) is 14.2. The Bertz CT molecular complexity index is 969. The Kier molecular flexibility index (Phi) is 5.52. The Morgan fingerprint density at radius 1 is 1.04 bits per heavy atom. The number of nitriles is 1. The average Bonchev–Trinajstić information content (AvgIpc) is 2.68. The standard InChI is InChI=1S/C20H17ClF3N3O/c1-11-8-16(14(22)9-13(11)10-25)26-3-5-27(6-4-26)20(28)17-18(21)12(2)7-15(23)19(17)24/h7-9H,3-6H2,1-2H3. The highest BCUT2D eigenvalue weighted by atomic mass is 35.5. The number of hydrogen-bond donors (Lipinski definition) is 0. The van der Waals surface area contributed by atoms with Gasteiger partial charge in [0.05, 0.1) is 27.9 Å². The number of hydrogen-bond acceptors (Lipinski definition) is 3. The number of anilines is 1. The highest BCUT2D eigenvalue weighted by molar-refractivity contribution is 6.34. The molecule has 0 bridgehead atoms. The molecular weight excluding hydrogens is 391 g/mol. The van der Waals surface area contributed by atoms with Gasteiger partial charge in [0, 0.05) is 26.2 Å². The topological polar surface area (TPSA) is 47.3 Å². The lowest BCUT2D eigenvalue weighted by Gasteiger charge is -2.36. The lowest BCUT2D eigenvalue weighted by atomic mass is 10.1. The van der Waals surface area contributed by atoms with Crippen molar-refractivity contribution in [3.8, 4) is 6.07 Å². The zero-order valence-electron chi connectivity index (χ0n) is 15.3. The molecule has 1 aliphatic rings. The minimum atomic E-state index is -1.27. The molecule has 0 aromatic heterocycles. The number of aryl methyl sites for hydroxylation is 2. The van der Waals surface area contributed by atoms with Gasteiger partial charge in [-0.1, -0.05) is 11.6 Å². The van der Waals surface area contributed by atoms with Crippen molar-refractivity contribution in [2.24, 2.45) is 0 Å². The molecule has 28 heavy (non-hydrogen) atoms. The van der Waals surface area contributed by atoms with Crippen LogP contribution >= 0.6 is 11.6 Å². The predicted molar refractivity (Wildman–Crippen MR) is 100 cm³/mol. The molecule has 0 spiro atoms. The van der Waals surface area contributed by atoms with Crippen molar-refractivity contribution >= 4 is 23.2 Å². The number of piperazine rings is 1. The maximum absolute atomic E-state index is 14.3. The number of amides is 1. The summed E-state index contributed by atoms with van der Waals surface area (Å²) >= 11 is 6.04. The van der Waals surface area contributed by atoms with Crippen molar-refractivity contribution in [1.29, 1.82) is 5.26 Å². The fourth-order valence-corrected chi connectivity index (χ4v) is 3.47. The van der Waals surface area contributed by atoms with E-state index in [0.29, 0.717) is 24.3 Å². The van der Waals surface area contributed by atoms with E-state index in [4.69, 9.17) is 16.9 Å². The van der Waals surface area contributed by atoms with Crippen LogP contribution in [-0.2, 0) is 0 Å². The first-order valence-electron chi connectivity index (χ1n) is 8.63. The quantitative estimate of drug-likeness (QED) is 0.701. The van der Waals surface area contributed by atoms with E-state index < -0.39 is 28.9 Å². The third kappa shape index (κ3) is 3.52. The first kappa shape index (κ1) is 20.0. The number of benzene rings is 2. The largest absolute Gasteiger partial charge is 0.366 e. The van der Waals surface area contributed by atoms with Crippen molar-refractivity contribution < 1.29 is 18.0 Å². The lowest BCUT2D eigenvalue weighted by Crippen LogP contribution is -2.49. The zero-order valence-corrected chi connectivity index (χ0v) is 16.1. The molecule has 3 rings (SSSR count). The van der Waals surface area contributed by atoms with E-state index >= 15 is 0 Å². The molecule has 0 saturated carbocycles. The van der Waals surface area contributed by atoms with Crippen LogP contribution in [0.25, 0.3) is 0 Å². The molecule has 0 N–H and O–H groups in total. The second-order valence-corrected chi connectivity index (χ2v) is 7.07. The molecule has 1 amide bonds. The molecule has 1 heterocycles. The molecular formula is C20H17ClF3N3O. The molecule has 8 heteroatoms. The predicted octanol–water partition coefficient (Wildman–Crippen LogP) is 4.21. The smallest absolute Gasteiger partial charge is 0.258 e. The second kappa shape index (κ2) is 7.72. The van der Waals surface area contributed by atoms with Crippen LogP contribution in [0.5, 0.6) is 0 Å². The van der Waals surface area contributed by atoms with Crippen LogP contribution in [0, 0.1) is 42.6 Å². The fourth-order valence-electron chi connectivity index (χ4n) is 3.26. The van der Waals surface area contributed by atoms with Crippen LogP contribution in [0.1, 0.15) is 27.0 Å². The summed E-state index contributed by atoms with van der Waals surface area (Å²) in [7, 11) is 0. The molecule has 0 unspecified atom stereocenters. The van der Waals surface area contributed by atoms with Crippen LogP contribution in [0.3, 0.4) is 0 Å². The van der Waals surface area contributed by atoms with Gasteiger partial charge in [-0.3, -0.25) is 4.79 Å².